The summed E-state index contributed by atoms with van der Waals surface area (Å²) in [6.45, 7) is -0.333. The zero-order valence-corrected chi connectivity index (χ0v) is 10.6. The summed E-state index contributed by atoms with van der Waals surface area (Å²) in [6.07, 6.45) is 1.20. The van der Waals surface area contributed by atoms with Gasteiger partial charge in [-0.3, -0.25) is 14.4 Å². The molecule has 2 heterocycles. The van der Waals surface area contributed by atoms with Gasteiger partial charge in [-0.05, 0) is 18.2 Å². The van der Waals surface area contributed by atoms with Gasteiger partial charge in [0.05, 0.1) is 17.4 Å². The molecule has 1 aromatic carbocycles. The van der Waals surface area contributed by atoms with E-state index in [2.05, 4.69) is 0 Å². The average molecular weight is 287 g/mol. The number of aromatic carboxylic acids is 1. The van der Waals surface area contributed by atoms with Gasteiger partial charge in [-0.25, -0.2) is 4.79 Å². The molecule has 2 aromatic rings. The molecule has 106 valence electrons. The predicted molar refractivity (Wildman–Crippen MR) is 67.4 cm³/mol. The Morgan fingerprint density at radius 3 is 2.33 bits per heavy atom. The summed E-state index contributed by atoms with van der Waals surface area (Å²) in [4.78, 5) is 40.1. The smallest absolute Gasteiger partial charge is 0.339 e. The topological polar surface area (TPSA) is 97.1 Å². The Balaban J connectivity index is 1.78. The van der Waals surface area contributed by atoms with Crippen LogP contribution in [0.5, 0.6) is 0 Å². The van der Waals surface area contributed by atoms with Crippen molar-refractivity contribution in [2.24, 2.45) is 0 Å². The van der Waals surface area contributed by atoms with Gasteiger partial charge >= 0.3 is 5.97 Å². The number of carbonyl (C=O) groups is 3. The quantitative estimate of drug-likeness (QED) is 0.860. The number of carbonyl (C=O) groups excluding carboxylic acids is 2. The SMILES string of the molecule is O=C(O)c1ccoc1CON1C(=O)c2ccccc2C1=O. The third kappa shape index (κ3) is 2.09. The van der Waals surface area contributed by atoms with E-state index < -0.39 is 17.8 Å². The summed E-state index contributed by atoms with van der Waals surface area (Å²) in [5, 5.41) is 9.54. The lowest BCUT2D eigenvalue weighted by Crippen LogP contribution is -2.29. The fraction of sp³-hybridized carbons (Fsp3) is 0.0714. The Bertz CT molecular complexity index is 712. The van der Waals surface area contributed by atoms with Gasteiger partial charge in [0.1, 0.15) is 17.9 Å². The highest BCUT2D eigenvalue weighted by atomic mass is 16.7. The largest absolute Gasteiger partial charge is 0.478 e. The molecule has 1 N–H and O–H groups in total. The normalized spacial score (nSPS) is 13.6. The van der Waals surface area contributed by atoms with Gasteiger partial charge < -0.3 is 9.52 Å². The molecule has 7 nitrogen and oxygen atoms in total. The van der Waals surface area contributed by atoms with Crippen LogP contribution in [0, 0.1) is 0 Å². The van der Waals surface area contributed by atoms with E-state index in [0.717, 1.165) is 0 Å². The number of hydroxylamine groups is 2. The second-order valence-electron chi connectivity index (χ2n) is 4.29. The molecule has 1 aliphatic heterocycles. The number of nitrogens with zero attached hydrogens (tertiary/aromatic N) is 1. The van der Waals surface area contributed by atoms with Crippen molar-refractivity contribution in [1.82, 2.24) is 5.06 Å². The molecule has 2 amide bonds. The third-order valence-corrected chi connectivity index (χ3v) is 3.06. The summed E-state index contributed by atoms with van der Waals surface area (Å²) in [5.41, 5.74) is 0.424. The first kappa shape index (κ1) is 13.1. The van der Waals surface area contributed by atoms with Crippen LogP contribution in [0.2, 0.25) is 0 Å². The van der Waals surface area contributed by atoms with E-state index in [-0.39, 0.29) is 29.1 Å². The Hall–Kier alpha value is -2.93. The summed E-state index contributed by atoms with van der Waals surface area (Å²) in [6, 6.07) is 7.59. The van der Waals surface area contributed by atoms with Gasteiger partial charge in [0, 0.05) is 0 Å². The summed E-state index contributed by atoms with van der Waals surface area (Å²) in [7, 11) is 0. The monoisotopic (exact) mass is 287 g/mol. The second kappa shape index (κ2) is 4.88. The predicted octanol–water partition coefficient (Wildman–Crippen LogP) is 1.71. The molecule has 3 rings (SSSR count). The lowest BCUT2D eigenvalue weighted by Gasteiger charge is -2.12. The highest BCUT2D eigenvalue weighted by molar-refractivity contribution is 6.20. The number of carboxylic acid groups (broad SMARTS) is 1. The van der Waals surface area contributed by atoms with Crippen molar-refractivity contribution < 1.29 is 28.7 Å². The molecule has 0 spiro atoms. The van der Waals surface area contributed by atoms with Crippen molar-refractivity contribution in [3.05, 3.63) is 59.0 Å². The van der Waals surface area contributed by atoms with Crippen molar-refractivity contribution in [1.29, 1.82) is 0 Å². The summed E-state index contributed by atoms with van der Waals surface area (Å²) >= 11 is 0. The number of hydrogen-bond donors (Lipinski definition) is 1. The molecule has 0 aliphatic carbocycles. The van der Waals surface area contributed by atoms with Crippen LogP contribution in [-0.4, -0.2) is 28.0 Å². The van der Waals surface area contributed by atoms with Crippen LogP contribution in [0.25, 0.3) is 0 Å². The number of amides is 2. The lowest BCUT2D eigenvalue weighted by atomic mass is 10.1. The number of rotatable bonds is 4. The standard InChI is InChI=1S/C14H9NO6/c16-12-8-3-1-2-4-9(8)13(17)15(12)21-7-11-10(14(18)19)5-6-20-11/h1-6H,7H2,(H,18,19). The number of furan rings is 1. The fourth-order valence-electron chi connectivity index (χ4n) is 2.05. The minimum absolute atomic E-state index is 0.0269. The maximum absolute atomic E-state index is 12.0. The maximum atomic E-state index is 12.0. The summed E-state index contributed by atoms with van der Waals surface area (Å²) < 4.78 is 4.98. The van der Waals surface area contributed by atoms with Crippen LogP contribution in [-0.2, 0) is 11.4 Å². The van der Waals surface area contributed by atoms with Gasteiger partial charge in [0.2, 0.25) is 0 Å². The first-order valence-electron chi connectivity index (χ1n) is 6.00. The zero-order chi connectivity index (χ0) is 15.0. The average Bonchev–Trinajstić information content (AvgIpc) is 3.03. The molecule has 0 radical (unpaired) electrons. The minimum atomic E-state index is -1.18. The molecular formula is C14H9NO6. The Morgan fingerprint density at radius 2 is 1.76 bits per heavy atom. The number of fused-ring (bicyclic) bond motifs is 1. The first-order valence-corrected chi connectivity index (χ1v) is 6.00. The van der Waals surface area contributed by atoms with Crippen LogP contribution >= 0.6 is 0 Å². The molecule has 21 heavy (non-hydrogen) atoms. The van der Waals surface area contributed by atoms with Gasteiger partial charge in [0.25, 0.3) is 11.8 Å². The van der Waals surface area contributed by atoms with Gasteiger partial charge in [-0.1, -0.05) is 12.1 Å². The van der Waals surface area contributed by atoms with Crippen LogP contribution in [0.4, 0.5) is 0 Å². The fourth-order valence-corrected chi connectivity index (χ4v) is 2.05. The third-order valence-electron chi connectivity index (χ3n) is 3.06. The Labute approximate surface area is 118 Å². The molecule has 0 atom stereocenters. The lowest BCUT2D eigenvalue weighted by molar-refractivity contribution is -0.105. The molecular weight excluding hydrogens is 278 g/mol. The number of imide groups is 1. The number of carboxylic acids is 1. The van der Waals surface area contributed by atoms with Crippen molar-refractivity contribution in [2.45, 2.75) is 6.61 Å². The number of benzene rings is 1. The van der Waals surface area contributed by atoms with Gasteiger partial charge in [-0.2, -0.15) is 0 Å². The van der Waals surface area contributed by atoms with Crippen LogP contribution in [0.3, 0.4) is 0 Å². The molecule has 1 aliphatic rings. The number of hydrogen-bond acceptors (Lipinski definition) is 5. The highest BCUT2D eigenvalue weighted by Gasteiger charge is 2.36. The highest BCUT2D eigenvalue weighted by Crippen LogP contribution is 2.23. The second-order valence-corrected chi connectivity index (χ2v) is 4.29. The molecule has 0 unspecified atom stereocenters. The van der Waals surface area contributed by atoms with E-state index in [1.165, 1.54) is 24.5 Å². The summed E-state index contributed by atoms with van der Waals surface area (Å²) in [5.74, 6) is -2.32. The van der Waals surface area contributed by atoms with E-state index in [1.807, 2.05) is 0 Å². The van der Waals surface area contributed by atoms with Gasteiger partial charge in [0.15, 0.2) is 0 Å². The van der Waals surface area contributed by atoms with Crippen molar-refractivity contribution in [3.8, 4) is 0 Å². The van der Waals surface area contributed by atoms with Crippen molar-refractivity contribution in [3.63, 3.8) is 0 Å². The molecule has 0 saturated heterocycles. The maximum Gasteiger partial charge on any atom is 0.339 e. The van der Waals surface area contributed by atoms with Crippen molar-refractivity contribution >= 4 is 17.8 Å². The van der Waals surface area contributed by atoms with Crippen molar-refractivity contribution in [2.75, 3.05) is 0 Å². The molecule has 1 aromatic heterocycles. The zero-order valence-electron chi connectivity index (χ0n) is 10.6. The van der Waals surface area contributed by atoms with Crippen LogP contribution < -0.4 is 0 Å². The Kier molecular flexibility index (Phi) is 3.03. The van der Waals surface area contributed by atoms with Crippen LogP contribution in [0.1, 0.15) is 36.8 Å². The van der Waals surface area contributed by atoms with Crippen LogP contribution in [0.15, 0.2) is 41.0 Å². The Morgan fingerprint density at radius 1 is 1.14 bits per heavy atom. The van der Waals surface area contributed by atoms with E-state index in [1.54, 1.807) is 12.1 Å². The van der Waals surface area contributed by atoms with E-state index >= 15 is 0 Å². The molecule has 7 heteroatoms. The molecule has 0 saturated carbocycles. The van der Waals surface area contributed by atoms with E-state index in [0.29, 0.717) is 5.06 Å². The molecule has 0 bridgehead atoms. The van der Waals surface area contributed by atoms with E-state index in [9.17, 15) is 14.4 Å². The minimum Gasteiger partial charge on any atom is -0.478 e. The first-order chi connectivity index (χ1) is 10.1. The molecule has 0 fully saturated rings. The van der Waals surface area contributed by atoms with Gasteiger partial charge in [-0.15, -0.1) is 5.06 Å². The van der Waals surface area contributed by atoms with E-state index in [4.69, 9.17) is 14.4 Å².